The van der Waals surface area contributed by atoms with E-state index in [1.54, 1.807) is 30.0 Å². The highest BCUT2D eigenvalue weighted by atomic mass is 79.9. The Balaban J connectivity index is 1.51. The van der Waals surface area contributed by atoms with E-state index in [1.165, 1.54) is 4.31 Å². The van der Waals surface area contributed by atoms with Gasteiger partial charge in [-0.1, -0.05) is 52.3 Å². The van der Waals surface area contributed by atoms with Gasteiger partial charge in [0, 0.05) is 34.9 Å². The van der Waals surface area contributed by atoms with E-state index >= 15 is 0 Å². The van der Waals surface area contributed by atoms with Gasteiger partial charge < -0.3 is 10.2 Å². The molecule has 0 aromatic heterocycles. The molecule has 0 saturated carbocycles. The fourth-order valence-electron chi connectivity index (χ4n) is 4.61. The van der Waals surface area contributed by atoms with Crippen molar-refractivity contribution in [2.24, 2.45) is 0 Å². The van der Waals surface area contributed by atoms with Gasteiger partial charge in [0.15, 0.2) is 0 Å². The Morgan fingerprint density at radius 2 is 1.73 bits per heavy atom. The van der Waals surface area contributed by atoms with Gasteiger partial charge in [-0.15, -0.1) is 0 Å². The van der Waals surface area contributed by atoms with Gasteiger partial charge in [-0.3, -0.25) is 13.9 Å². The van der Waals surface area contributed by atoms with Gasteiger partial charge in [-0.05, 0) is 69.3 Å². The zero-order chi connectivity index (χ0) is 27.0. The number of sulfonamides is 1. The van der Waals surface area contributed by atoms with E-state index in [2.05, 4.69) is 21.2 Å². The summed E-state index contributed by atoms with van der Waals surface area (Å²) in [5.74, 6) is -0.441. The molecule has 4 rings (SSSR count). The summed E-state index contributed by atoms with van der Waals surface area (Å²) in [5, 5.41) is 4.55. The molecule has 3 aromatic carbocycles. The lowest BCUT2D eigenvalue weighted by atomic mass is 10.1. The van der Waals surface area contributed by atoms with Crippen molar-refractivity contribution in [1.29, 1.82) is 0 Å². The minimum absolute atomic E-state index is 0.111. The first kappa shape index (κ1) is 27.1. The highest BCUT2D eigenvalue weighted by Gasteiger charge is 2.35. The fraction of sp³-hybridized carbons (Fsp3) is 0.357. The van der Waals surface area contributed by atoms with Gasteiger partial charge in [0.25, 0.3) is 10.0 Å². The largest absolute Gasteiger partial charge is 0.350 e. The molecule has 1 atom stereocenters. The van der Waals surface area contributed by atoms with E-state index in [0.29, 0.717) is 17.0 Å². The van der Waals surface area contributed by atoms with Crippen molar-refractivity contribution in [2.45, 2.75) is 63.6 Å². The van der Waals surface area contributed by atoms with Crippen molar-refractivity contribution in [2.75, 3.05) is 10.8 Å². The summed E-state index contributed by atoms with van der Waals surface area (Å²) >= 11 is 3.46. The van der Waals surface area contributed by atoms with Crippen molar-refractivity contribution in [1.82, 2.24) is 10.2 Å². The van der Waals surface area contributed by atoms with Crippen LogP contribution >= 0.6 is 15.9 Å². The number of nitrogens with one attached hydrogen (secondary N) is 1. The number of carbonyl (C=O) groups is 2. The Labute approximate surface area is 227 Å². The van der Waals surface area contributed by atoms with Gasteiger partial charge in [0.05, 0.1) is 10.6 Å². The Kier molecular flexibility index (Phi) is 7.67. The van der Waals surface area contributed by atoms with Crippen LogP contribution in [0, 0.1) is 0 Å². The first-order valence-electron chi connectivity index (χ1n) is 12.3. The lowest BCUT2D eigenvalue weighted by molar-refractivity contribution is -0.141. The second kappa shape index (κ2) is 10.5. The molecule has 0 radical (unpaired) electrons. The maximum Gasteiger partial charge on any atom is 0.265 e. The van der Waals surface area contributed by atoms with Crippen LogP contribution in [0.3, 0.4) is 0 Å². The van der Waals surface area contributed by atoms with Crippen molar-refractivity contribution < 1.29 is 18.0 Å². The van der Waals surface area contributed by atoms with Crippen LogP contribution in [-0.2, 0) is 26.2 Å². The van der Waals surface area contributed by atoms with Gasteiger partial charge in [-0.25, -0.2) is 8.42 Å². The maximum atomic E-state index is 13.5. The third kappa shape index (κ3) is 5.83. The van der Waals surface area contributed by atoms with Crippen molar-refractivity contribution >= 4 is 54.2 Å². The quantitative estimate of drug-likeness (QED) is 0.392. The van der Waals surface area contributed by atoms with Gasteiger partial charge in [0.2, 0.25) is 11.8 Å². The summed E-state index contributed by atoms with van der Waals surface area (Å²) in [4.78, 5) is 28.3. The zero-order valence-electron chi connectivity index (χ0n) is 21.5. The number of halogens is 1. The summed E-state index contributed by atoms with van der Waals surface area (Å²) < 4.78 is 28.8. The SMILES string of the molecule is CC(C(=O)NC(C)(C)C)N(Cc1cccc(Br)c1)C(=O)CCCN1c2cccc3cccc(c23)S1(=O)=O. The average molecular weight is 587 g/mol. The third-order valence-electron chi connectivity index (χ3n) is 6.34. The van der Waals surface area contributed by atoms with Crippen LogP contribution in [0.1, 0.15) is 46.1 Å². The number of anilines is 1. The summed E-state index contributed by atoms with van der Waals surface area (Å²) in [6.07, 6.45) is 0.435. The summed E-state index contributed by atoms with van der Waals surface area (Å²) in [6.45, 7) is 7.85. The molecule has 1 heterocycles. The van der Waals surface area contributed by atoms with E-state index in [0.717, 1.165) is 20.8 Å². The molecule has 9 heteroatoms. The third-order valence-corrected chi connectivity index (χ3v) is 8.69. The average Bonchev–Trinajstić information content (AvgIpc) is 3.04. The number of nitrogens with zero attached hydrogens (tertiary/aromatic N) is 2. The molecule has 37 heavy (non-hydrogen) atoms. The minimum atomic E-state index is -3.68. The Bertz CT molecular complexity index is 1440. The Morgan fingerprint density at radius 1 is 1.05 bits per heavy atom. The molecule has 0 aliphatic carbocycles. The van der Waals surface area contributed by atoms with Gasteiger partial charge in [0.1, 0.15) is 6.04 Å². The lowest BCUT2D eigenvalue weighted by Crippen LogP contribution is -2.52. The maximum absolute atomic E-state index is 13.5. The molecule has 0 saturated heterocycles. The number of hydrogen-bond acceptors (Lipinski definition) is 4. The van der Waals surface area contributed by atoms with Crippen LogP contribution in [-0.4, -0.2) is 43.3 Å². The van der Waals surface area contributed by atoms with E-state index < -0.39 is 21.6 Å². The molecule has 1 N–H and O–H groups in total. The van der Waals surface area contributed by atoms with E-state index in [4.69, 9.17) is 0 Å². The van der Waals surface area contributed by atoms with Crippen LogP contribution < -0.4 is 9.62 Å². The molecule has 1 aliphatic rings. The lowest BCUT2D eigenvalue weighted by Gasteiger charge is -2.31. The molecule has 0 spiro atoms. The summed E-state index contributed by atoms with van der Waals surface area (Å²) in [5.41, 5.74) is 1.10. The van der Waals surface area contributed by atoms with Crippen LogP contribution in [0.2, 0.25) is 0 Å². The second-order valence-corrected chi connectivity index (χ2v) is 13.1. The molecular weight excluding hydrogens is 554 g/mol. The zero-order valence-corrected chi connectivity index (χ0v) is 23.9. The molecular formula is C28H32BrN3O4S. The molecule has 3 aromatic rings. The van der Waals surface area contributed by atoms with Gasteiger partial charge in [-0.2, -0.15) is 0 Å². The number of amides is 2. The molecule has 1 unspecified atom stereocenters. The first-order valence-corrected chi connectivity index (χ1v) is 14.5. The van der Waals surface area contributed by atoms with Crippen molar-refractivity contribution in [3.63, 3.8) is 0 Å². The van der Waals surface area contributed by atoms with Crippen LogP contribution in [0.25, 0.3) is 10.8 Å². The number of benzene rings is 3. The molecule has 0 bridgehead atoms. The summed E-state index contributed by atoms with van der Waals surface area (Å²) in [7, 11) is -3.68. The Hall–Kier alpha value is -2.91. The monoisotopic (exact) mass is 585 g/mol. The predicted octanol–water partition coefficient (Wildman–Crippen LogP) is 5.22. The first-order chi connectivity index (χ1) is 17.4. The Morgan fingerprint density at radius 3 is 2.41 bits per heavy atom. The number of carbonyl (C=O) groups excluding carboxylic acids is 2. The fourth-order valence-corrected chi connectivity index (χ4v) is 6.80. The topological polar surface area (TPSA) is 86.8 Å². The van der Waals surface area contributed by atoms with Gasteiger partial charge >= 0.3 is 0 Å². The van der Waals surface area contributed by atoms with E-state index in [1.807, 2.05) is 63.2 Å². The highest BCUT2D eigenvalue weighted by molar-refractivity contribution is 9.10. The van der Waals surface area contributed by atoms with E-state index in [9.17, 15) is 18.0 Å². The van der Waals surface area contributed by atoms with Crippen LogP contribution in [0.5, 0.6) is 0 Å². The predicted molar refractivity (Wildman–Crippen MR) is 150 cm³/mol. The highest BCUT2D eigenvalue weighted by Crippen LogP contribution is 2.42. The van der Waals surface area contributed by atoms with Crippen molar-refractivity contribution in [3.8, 4) is 0 Å². The standard InChI is InChI=1S/C28H32BrN3O4S/c1-19(27(34)30-28(2,3)4)31(18-20-9-5-12-22(29)17-20)25(33)15-8-16-32-23-13-6-10-21-11-7-14-24(26(21)23)37(32,35)36/h5-7,9-14,17,19H,8,15-16,18H2,1-4H3,(H,30,34). The molecule has 1 aliphatic heterocycles. The smallest absolute Gasteiger partial charge is 0.265 e. The van der Waals surface area contributed by atoms with Crippen LogP contribution in [0.15, 0.2) is 70.0 Å². The number of rotatable bonds is 8. The van der Waals surface area contributed by atoms with E-state index in [-0.39, 0.29) is 31.3 Å². The molecule has 7 nitrogen and oxygen atoms in total. The van der Waals surface area contributed by atoms with Crippen LogP contribution in [0.4, 0.5) is 5.69 Å². The van der Waals surface area contributed by atoms with Crippen molar-refractivity contribution in [3.05, 3.63) is 70.7 Å². The second-order valence-electron chi connectivity index (χ2n) is 10.4. The minimum Gasteiger partial charge on any atom is -0.350 e. The number of hydrogen-bond donors (Lipinski definition) is 1. The molecule has 2 amide bonds. The molecule has 0 fully saturated rings. The normalized spacial score (nSPS) is 15.0. The summed E-state index contributed by atoms with van der Waals surface area (Å²) in [6, 6.07) is 17.7. The molecule has 196 valence electrons.